The van der Waals surface area contributed by atoms with Crippen LogP contribution in [0.4, 0.5) is 0 Å². The Balaban J connectivity index is 1.75. The Morgan fingerprint density at radius 1 is 1.19 bits per heavy atom. The third-order valence-corrected chi connectivity index (χ3v) is 4.55. The van der Waals surface area contributed by atoms with Crippen molar-refractivity contribution in [3.05, 3.63) is 53.9 Å². The predicted octanol–water partition coefficient (Wildman–Crippen LogP) is 3.42. The number of ether oxygens (including phenoxy) is 1. The molecule has 2 aliphatic rings. The summed E-state index contributed by atoms with van der Waals surface area (Å²) in [6.07, 6.45) is 6.87. The maximum absolute atomic E-state index is 5.62. The van der Waals surface area contributed by atoms with Crippen LogP contribution in [0.3, 0.4) is 0 Å². The fourth-order valence-electron chi connectivity index (χ4n) is 3.54. The van der Waals surface area contributed by atoms with E-state index in [1.165, 1.54) is 22.3 Å². The van der Waals surface area contributed by atoms with E-state index in [0.29, 0.717) is 0 Å². The van der Waals surface area contributed by atoms with E-state index in [4.69, 9.17) is 9.73 Å². The zero-order chi connectivity index (χ0) is 14.3. The molecule has 1 aliphatic carbocycles. The van der Waals surface area contributed by atoms with Gasteiger partial charge in [-0.25, -0.2) is 4.99 Å². The highest BCUT2D eigenvalue weighted by atomic mass is 16.5. The average molecular weight is 278 g/mol. The number of aromatic nitrogens is 1. The summed E-state index contributed by atoms with van der Waals surface area (Å²) in [6.45, 7) is 2.69. The number of fused-ring (bicyclic) bond motifs is 1. The number of rotatable bonds is 1. The molecule has 0 radical (unpaired) electrons. The van der Waals surface area contributed by atoms with Crippen molar-refractivity contribution in [3.63, 3.8) is 0 Å². The van der Waals surface area contributed by atoms with Crippen LogP contribution in [0.25, 0.3) is 11.1 Å². The minimum absolute atomic E-state index is 0.0232. The average Bonchev–Trinajstić information content (AvgIpc) is 2.88. The number of nitrogens with zero attached hydrogens (tertiary/aromatic N) is 2. The van der Waals surface area contributed by atoms with E-state index in [9.17, 15) is 0 Å². The van der Waals surface area contributed by atoms with Crippen molar-refractivity contribution in [1.29, 1.82) is 0 Å². The topological polar surface area (TPSA) is 34.5 Å². The molecule has 0 saturated carbocycles. The highest BCUT2D eigenvalue weighted by Crippen LogP contribution is 2.38. The number of aliphatic imine (C=N–C) groups is 1. The van der Waals surface area contributed by atoms with Gasteiger partial charge in [0.15, 0.2) is 5.90 Å². The van der Waals surface area contributed by atoms with Gasteiger partial charge in [0.2, 0.25) is 0 Å². The first kappa shape index (κ1) is 12.6. The van der Waals surface area contributed by atoms with E-state index in [1.807, 2.05) is 25.4 Å². The fourth-order valence-corrected chi connectivity index (χ4v) is 3.54. The second kappa shape index (κ2) is 4.69. The van der Waals surface area contributed by atoms with Gasteiger partial charge in [0, 0.05) is 31.3 Å². The Kier molecular flexibility index (Phi) is 2.81. The first-order valence-electron chi connectivity index (χ1n) is 7.46. The molecule has 1 atom stereocenters. The van der Waals surface area contributed by atoms with Gasteiger partial charge < -0.3 is 4.74 Å². The van der Waals surface area contributed by atoms with Crippen LogP contribution in [0, 0.1) is 0 Å². The van der Waals surface area contributed by atoms with E-state index >= 15 is 0 Å². The Morgan fingerprint density at radius 2 is 2.14 bits per heavy atom. The molecule has 0 fully saturated rings. The largest absolute Gasteiger partial charge is 0.479 e. The molecule has 0 bridgehead atoms. The lowest BCUT2D eigenvalue weighted by Gasteiger charge is -2.31. The van der Waals surface area contributed by atoms with Gasteiger partial charge in [-0.3, -0.25) is 4.98 Å². The number of hydrogen-bond acceptors (Lipinski definition) is 3. The first-order valence-corrected chi connectivity index (χ1v) is 7.46. The SMILES string of the molecule is CC1=N[C@@]2(CCc3c(cccc3-c3cccnc3)C2)CO1. The second-order valence-corrected chi connectivity index (χ2v) is 6.01. The third-order valence-electron chi connectivity index (χ3n) is 4.55. The van der Waals surface area contributed by atoms with E-state index in [-0.39, 0.29) is 5.54 Å². The summed E-state index contributed by atoms with van der Waals surface area (Å²) in [5.74, 6) is 0.835. The van der Waals surface area contributed by atoms with Gasteiger partial charge in [0.05, 0.1) is 0 Å². The maximum atomic E-state index is 5.62. The molecule has 4 rings (SSSR count). The lowest BCUT2D eigenvalue weighted by atomic mass is 9.77. The zero-order valence-corrected chi connectivity index (χ0v) is 12.2. The minimum Gasteiger partial charge on any atom is -0.479 e. The van der Waals surface area contributed by atoms with E-state index in [2.05, 4.69) is 29.2 Å². The van der Waals surface area contributed by atoms with Crippen LogP contribution >= 0.6 is 0 Å². The van der Waals surface area contributed by atoms with Crippen molar-refractivity contribution in [2.45, 2.75) is 31.7 Å². The van der Waals surface area contributed by atoms with Gasteiger partial charge in [-0.1, -0.05) is 24.3 Å². The molecular weight excluding hydrogens is 260 g/mol. The summed E-state index contributed by atoms with van der Waals surface area (Å²) in [7, 11) is 0. The minimum atomic E-state index is -0.0232. The van der Waals surface area contributed by atoms with Crippen molar-refractivity contribution in [3.8, 4) is 11.1 Å². The summed E-state index contributed by atoms with van der Waals surface area (Å²) >= 11 is 0. The molecule has 2 aromatic rings. The van der Waals surface area contributed by atoms with Crippen molar-refractivity contribution in [2.24, 2.45) is 4.99 Å². The monoisotopic (exact) mass is 278 g/mol. The van der Waals surface area contributed by atoms with Gasteiger partial charge in [-0.05, 0) is 35.6 Å². The van der Waals surface area contributed by atoms with Crippen molar-refractivity contribution < 1.29 is 4.74 Å². The van der Waals surface area contributed by atoms with Crippen LogP contribution in [0.1, 0.15) is 24.5 Å². The molecule has 0 amide bonds. The van der Waals surface area contributed by atoms with Crippen LogP contribution < -0.4 is 0 Å². The Bertz CT molecular complexity index is 708. The lowest BCUT2D eigenvalue weighted by Crippen LogP contribution is -2.35. The van der Waals surface area contributed by atoms with Crippen LogP contribution in [0.15, 0.2) is 47.7 Å². The highest BCUT2D eigenvalue weighted by molar-refractivity contribution is 5.76. The summed E-state index contributed by atoms with van der Waals surface area (Å²) in [5.41, 5.74) is 5.35. The molecule has 1 aromatic carbocycles. The molecule has 3 heteroatoms. The Hall–Kier alpha value is -2.16. The summed E-state index contributed by atoms with van der Waals surface area (Å²) in [4.78, 5) is 9.01. The van der Waals surface area contributed by atoms with Crippen molar-refractivity contribution in [1.82, 2.24) is 4.98 Å². The van der Waals surface area contributed by atoms with E-state index < -0.39 is 0 Å². The predicted molar refractivity (Wildman–Crippen MR) is 83.5 cm³/mol. The van der Waals surface area contributed by atoms with Crippen LogP contribution in [-0.2, 0) is 17.6 Å². The second-order valence-electron chi connectivity index (χ2n) is 6.01. The number of benzene rings is 1. The quantitative estimate of drug-likeness (QED) is 0.801. The van der Waals surface area contributed by atoms with Crippen molar-refractivity contribution in [2.75, 3.05) is 6.61 Å². The molecule has 2 heterocycles. The molecule has 1 spiro atoms. The highest BCUT2D eigenvalue weighted by Gasteiger charge is 2.39. The van der Waals surface area contributed by atoms with Gasteiger partial charge in [0.25, 0.3) is 0 Å². The molecule has 1 aliphatic heterocycles. The van der Waals surface area contributed by atoms with Crippen LogP contribution in [-0.4, -0.2) is 23.0 Å². The standard InChI is InChI=1S/C18H18N2O/c1-13-20-18(12-21-13)8-7-17-14(10-18)4-2-6-16(17)15-5-3-9-19-11-15/h2-6,9,11H,7-8,10,12H2,1H3/t18-/m1/s1. The molecule has 0 N–H and O–H groups in total. The number of pyridine rings is 1. The van der Waals surface area contributed by atoms with Gasteiger partial charge in [0.1, 0.15) is 12.1 Å². The summed E-state index contributed by atoms with van der Waals surface area (Å²) in [6, 6.07) is 10.7. The first-order chi connectivity index (χ1) is 10.3. The fraction of sp³-hybridized carbons (Fsp3) is 0.333. The normalized spacial score (nSPS) is 23.6. The van der Waals surface area contributed by atoms with E-state index in [0.717, 1.165) is 31.8 Å². The molecule has 0 unspecified atom stereocenters. The van der Waals surface area contributed by atoms with E-state index in [1.54, 1.807) is 0 Å². The van der Waals surface area contributed by atoms with Gasteiger partial charge in [-0.2, -0.15) is 0 Å². The zero-order valence-electron chi connectivity index (χ0n) is 12.2. The van der Waals surface area contributed by atoms with Gasteiger partial charge in [-0.15, -0.1) is 0 Å². The van der Waals surface area contributed by atoms with Gasteiger partial charge >= 0.3 is 0 Å². The molecule has 21 heavy (non-hydrogen) atoms. The van der Waals surface area contributed by atoms with Crippen LogP contribution in [0.5, 0.6) is 0 Å². The summed E-state index contributed by atoms with van der Waals surface area (Å²) in [5, 5.41) is 0. The number of hydrogen-bond donors (Lipinski definition) is 0. The molecule has 106 valence electrons. The smallest absolute Gasteiger partial charge is 0.180 e. The molecule has 3 nitrogen and oxygen atoms in total. The molecular formula is C18H18N2O. The maximum Gasteiger partial charge on any atom is 0.180 e. The molecule has 1 aromatic heterocycles. The molecule has 0 saturated heterocycles. The lowest BCUT2D eigenvalue weighted by molar-refractivity contribution is 0.236. The van der Waals surface area contributed by atoms with Crippen molar-refractivity contribution >= 4 is 5.90 Å². The van der Waals surface area contributed by atoms with Crippen LogP contribution in [0.2, 0.25) is 0 Å². The Labute approximate surface area is 124 Å². The third kappa shape index (κ3) is 2.13. The Morgan fingerprint density at radius 3 is 2.90 bits per heavy atom. The summed E-state index contributed by atoms with van der Waals surface area (Å²) < 4.78 is 5.62.